The lowest BCUT2D eigenvalue weighted by Gasteiger charge is -2.46. The number of rotatable bonds is 10. The molecule has 0 saturated carbocycles. The first-order valence-electron chi connectivity index (χ1n) is 16.6. The SMILES string of the molecule is C[C@]12CCCN1N(Cc1ccc(OCCN3CCOCC3)c(F)c1F)C(=O)C(C(=O)Nc1ccc(C(F)(F)F)nc1-c1ccc(OC(F)(F)F)cc1)=C2O. The number of benzene rings is 2. The highest BCUT2D eigenvalue weighted by atomic mass is 19.4. The fourth-order valence-electron chi connectivity index (χ4n) is 6.56. The number of aliphatic hydroxyl groups excluding tert-OH is 1. The normalized spacial score (nSPS) is 19.9. The quantitative estimate of drug-likeness (QED) is 0.183. The van der Waals surface area contributed by atoms with Crippen LogP contribution in [-0.2, 0) is 27.0 Å². The van der Waals surface area contributed by atoms with Crippen LogP contribution >= 0.6 is 0 Å². The molecule has 0 spiro atoms. The maximum Gasteiger partial charge on any atom is 0.573 e. The average molecular weight is 772 g/mol. The van der Waals surface area contributed by atoms with Crippen molar-refractivity contribution in [2.45, 2.75) is 44.4 Å². The fraction of sp³-hybridized carbons (Fsp3) is 0.400. The van der Waals surface area contributed by atoms with E-state index in [1.165, 1.54) is 24.1 Å². The van der Waals surface area contributed by atoms with Crippen LogP contribution in [-0.4, -0.2) is 94.7 Å². The zero-order valence-electron chi connectivity index (χ0n) is 28.5. The molecule has 2 saturated heterocycles. The summed E-state index contributed by atoms with van der Waals surface area (Å²) in [5.74, 6) is -6.67. The van der Waals surface area contributed by atoms with Crippen molar-refractivity contribution in [3.05, 3.63) is 82.8 Å². The van der Waals surface area contributed by atoms with Gasteiger partial charge in [0.1, 0.15) is 29.4 Å². The second-order valence-electron chi connectivity index (χ2n) is 12.9. The zero-order chi connectivity index (χ0) is 39.0. The molecular formula is C35H33F8N5O6. The Morgan fingerprint density at radius 3 is 2.35 bits per heavy atom. The predicted molar refractivity (Wildman–Crippen MR) is 174 cm³/mol. The smallest absolute Gasteiger partial charge is 0.509 e. The van der Waals surface area contributed by atoms with Gasteiger partial charge in [-0.15, -0.1) is 13.2 Å². The van der Waals surface area contributed by atoms with Gasteiger partial charge in [-0.05, 0) is 62.2 Å². The van der Waals surface area contributed by atoms with Crippen molar-refractivity contribution in [1.29, 1.82) is 0 Å². The van der Waals surface area contributed by atoms with Crippen LogP contribution in [0.3, 0.4) is 0 Å². The van der Waals surface area contributed by atoms with E-state index in [1.807, 2.05) is 4.90 Å². The molecule has 3 aliphatic heterocycles. The van der Waals surface area contributed by atoms with Crippen LogP contribution in [0.4, 0.5) is 40.8 Å². The molecule has 0 unspecified atom stereocenters. The molecule has 2 aromatic carbocycles. The number of nitrogens with zero attached hydrogens (tertiary/aromatic N) is 4. The third-order valence-electron chi connectivity index (χ3n) is 9.33. The summed E-state index contributed by atoms with van der Waals surface area (Å²) in [7, 11) is 0. The topological polar surface area (TPSA) is 117 Å². The lowest BCUT2D eigenvalue weighted by Crippen LogP contribution is -2.60. The second-order valence-corrected chi connectivity index (χ2v) is 12.9. The Labute approximate surface area is 302 Å². The first kappa shape index (κ1) is 38.7. The third-order valence-corrected chi connectivity index (χ3v) is 9.33. The van der Waals surface area contributed by atoms with E-state index in [9.17, 15) is 41.0 Å². The Morgan fingerprint density at radius 1 is 0.981 bits per heavy atom. The number of alkyl halides is 6. The van der Waals surface area contributed by atoms with Gasteiger partial charge < -0.3 is 24.6 Å². The molecule has 11 nitrogen and oxygen atoms in total. The number of hydrogen-bond acceptors (Lipinski definition) is 9. The number of carbonyl (C=O) groups excluding carboxylic acids is 2. The first-order valence-corrected chi connectivity index (χ1v) is 16.6. The minimum absolute atomic E-state index is 0.0724. The number of hydrazine groups is 1. The van der Waals surface area contributed by atoms with E-state index >= 15 is 8.78 Å². The van der Waals surface area contributed by atoms with Gasteiger partial charge >= 0.3 is 12.5 Å². The van der Waals surface area contributed by atoms with Crippen LogP contribution in [0.15, 0.2) is 59.9 Å². The van der Waals surface area contributed by atoms with Crippen LogP contribution < -0.4 is 14.8 Å². The summed E-state index contributed by atoms with van der Waals surface area (Å²) >= 11 is 0. The Hall–Kier alpha value is -5.01. The van der Waals surface area contributed by atoms with Crippen LogP contribution in [0.25, 0.3) is 11.3 Å². The molecule has 19 heteroatoms. The summed E-state index contributed by atoms with van der Waals surface area (Å²) < 4.78 is 124. The van der Waals surface area contributed by atoms with Gasteiger partial charge in [0.2, 0.25) is 5.82 Å². The average Bonchev–Trinajstić information content (AvgIpc) is 3.52. The van der Waals surface area contributed by atoms with Gasteiger partial charge in [-0.3, -0.25) is 19.5 Å². The standard InChI is InChI=1S/C35H33F8N5O6/c1-33-11-2-12-48(33)47(19-21-5-9-24(28(37)27(21)36)53-18-15-46-13-16-52-17-14-46)32(51)26(30(33)49)31(50)44-23-8-10-25(34(38,39)40)45-29(23)20-3-6-22(7-4-20)54-35(41,42)43/h3-10,49H,2,11-19H2,1H3,(H,44,50)/t33-/m1/s1. The largest absolute Gasteiger partial charge is 0.573 e. The molecule has 4 heterocycles. The number of aromatic nitrogens is 1. The lowest BCUT2D eigenvalue weighted by atomic mass is 9.90. The van der Waals surface area contributed by atoms with Crippen LogP contribution in [0.1, 0.15) is 31.0 Å². The fourth-order valence-corrected chi connectivity index (χ4v) is 6.56. The Morgan fingerprint density at radius 2 is 1.69 bits per heavy atom. The summed E-state index contributed by atoms with van der Waals surface area (Å²) in [4.78, 5) is 33.4. The highest BCUT2D eigenvalue weighted by Crippen LogP contribution is 2.43. The van der Waals surface area contributed by atoms with Crippen molar-refractivity contribution in [3.63, 3.8) is 0 Å². The number of anilines is 1. The Kier molecular flexibility index (Phi) is 10.8. The number of carbonyl (C=O) groups is 2. The molecule has 3 aliphatic rings. The zero-order valence-corrected chi connectivity index (χ0v) is 28.5. The molecular weight excluding hydrogens is 738 g/mol. The summed E-state index contributed by atoms with van der Waals surface area (Å²) in [6.07, 6.45) is -9.35. The van der Waals surface area contributed by atoms with E-state index in [0.29, 0.717) is 45.3 Å². The van der Waals surface area contributed by atoms with Gasteiger partial charge in [0.15, 0.2) is 11.6 Å². The maximum absolute atomic E-state index is 15.5. The highest BCUT2D eigenvalue weighted by Gasteiger charge is 2.53. The van der Waals surface area contributed by atoms with Gasteiger partial charge in [0, 0.05) is 37.3 Å². The van der Waals surface area contributed by atoms with Crippen LogP contribution in [0.5, 0.6) is 11.5 Å². The second kappa shape index (κ2) is 15.0. The van der Waals surface area contributed by atoms with Crippen molar-refractivity contribution in [1.82, 2.24) is 19.9 Å². The molecule has 1 atom stereocenters. The molecule has 0 aliphatic carbocycles. The number of morpholine rings is 1. The van der Waals surface area contributed by atoms with E-state index in [4.69, 9.17) is 9.47 Å². The van der Waals surface area contributed by atoms with Crippen LogP contribution in [0, 0.1) is 11.6 Å². The molecule has 0 bridgehead atoms. The molecule has 6 rings (SSSR count). The van der Waals surface area contributed by atoms with Gasteiger partial charge in [-0.1, -0.05) is 6.07 Å². The van der Waals surface area contributed by atoms with Crippen molar-refractivity contribution in [2.24, 2.45) is 0 Å². The highest BCUT2D eigenvalue weighted by molar-refractivity contribution is 6.24. The summed E-state index contributed by atoms with van der Waals surface area (Å²) in [6.45, 7) is 4.11. The number of ether oxygens (including phenoxy) is 3. The van der Waals surface area contributed by atoms with Crippen LogP contribution in [0.2, 0.25) is 0 Å². The number of amides is 2. The minimum Gasteiger partial charge on any atom is -0.509 e. The molecule has 2 amide bonds. The van der Waals surface area contributed by atoms with Gasteiger partial charge in [-0.25, -0.2) is 14.4 Å². The summed E-state index contributed by atoms with van der Waals surface area (Å²) in [5, 5.41) is 16.1. The van der Waals surface area contributed by atoms with E-state index < -0.39 is 82.2 Å². The number of hydrogen-bond donors (Lipinski definition) is 2. The van der Waals surface area contributed by atoms with E-state index in [0.717, 1.165) is 35.3 Å². The molecule has 3 aromatic rings. The van der Waals surface area contributed by atoms with E-state index in [2.05, 4.69) is 15.0 Å². The molecule has 2 fully saturated rings. The number of nitrogens with one attached hydrogen (secondary N) is 1. The Balaban J connectivity index is 1.26. The number of halogens is 8. The molecule has 290 valence electrons. The van der Waals surface area contributed by atoms with Crippen molar-refractivity contribution >= 4 is 17.5 Å². The van der Waals surface area contributed by atoms with Crippen molar-refractivity contribution in [2.75, 3.05) is 51.3 Å². The molecule has 1 aromatic heterocycles. The summed E-state index contributed by atoms with van der Waals surface area (Å²) in [5.41, 5.74) is -4.95. The van der Waals surface area contributed by atoms with Gasteiger partial charge in [-0.2, -0.15) is 17.6 Å². The van der Waals surface area contributed by atoms with Gasteiger partial charge in [0.05, 0.1) is 36.7 Å². The van der Waals surface area contributed by atoms with Gasteiger partial charge in [0.25, 0.3) is 11.8 Å². The molecule has 54 heavy (non-hydrogen) atoms. The lowest BCUT2D eigenvalue weighted by molar-refractivity contribution is -0.274. The maximum atomic E-state index is 15.5. The number of pyridine rings is 1. The number of fused-ring (bicyclic) bond motifs is 1. The number of aliphatic hydroxyl groups is 1. The Bertz CT molecular complexity index is 1930. The van der Waals surface area contributed by atoms with Crippen molar-refractivity contribution in [3.8, 4) is 22.8 Å². The molecule has 2 N–H and O–H groups in total. The monoisotopic (exact) mass is 771 g/mol. The third kappa shape index (κ3) is 8.07. The molecule has 0 radical (unpaired) electrons. The summed E-state index contributed by atoms with van der Waals surface area (Å²) in [6, 6.07) is 7.43. The van der Waals surface area contributed by atoms with Crippen molar-refractivity contribution < 1.29 is 64.0 Å². The van der Waals surface area contributed by atoms with E-state index in [-0.39, 0.29) is 36.4 Å². The minimum atomic E-state index is -5.04. The predicted octanol–water partition coefficient (Wildman–Crippen LogP) is 6.22. The van der Waals surface area contributed by atoms with E-state index in [1.54, 1.807) is 0 Å². The first-order chi connectivity index (χ1) is 25.5.